The van der Waals surface area contributed by atoms with E-state index in [2.05, 4.69) is 45.3 Å². The van der Waals surface area contributed by atoms with Crippen LogP contribution >= 0.6 is 0 Å². The van der Waals surface area contributed by atoms with Gasteiger partial charge in [-0.25, -0.2) is 14.8 Å². The Labute approximate surface area is 166 Å². The quantitative estimate of drug-likeness (QED) is 0.792. The van der Waals surface area contributed by atoms with E-state index < -0.39 is 12.1 Å². The van der Waals surface area contributed by atoms with Crippen molar-refractivity contribution >= 4 is 11.8 Å². The van der Waals surface area contributed by atoms with Crippen LogP contribution < -0.4 is 5.32 Å². The molecule has 0 atom stereocenters. The zero-order valence-electron chi connectivity index (χ0n) is 16.6. The largest absolute Gasteiger partial charge is 0.490 e. The number of nitrogens with zero attached hydrogens (tertiary/aromatic N) is 5. The van der Waals surface area contributed by atoms with E-state index in [1.54, 1.807) is 6.33 Å². The van der Waals surface area contributed by atoms with Crippen LogP contribution in [0.2, 0.25) is 0 Å². The maximum Gasteiger partial charge on any atom is 0.490 e. The fourth-order valence-electron chi connectivity index (χ4n) is 2.94. The molecule has 2 aromatic rings. The number of anilines is 1. The van der Waals surface area contributed by atoms with Crippen LogP contribution in [0.25, 0.3) is 0 Å². The molecule has 0 amide bonds. The number of fused-ring (bicyclic) bond motifs is 1. The van der Waals surface area contributed by atoms with Crippen LogP contribution in [0.5, 0.6) is 0 Å². The van der Waals surface area contributed by atoms with Gasteiger partial charge in [-0.1, -0.05) is 0 Å². The number of alkyl halides is 3. The first-order chi connectivity index (χ1) is 13.6. The lowest BCUT2D eigenvalue weighted by molar-refractivity contribution is -0.192. The van der Waals surface area contributed by atoms with Gasteiger partial charge in [-0.2, -0.15) is 18.3 Å². The minimum absolute atomic E-state index is 0.383. The number of carboxylic acids is 1. The second-order valence-electron chi connectivity index (χ2n) is 7.05. The lowest BCUT2D eigenvalue weighted by Crippen LogP contribution is -2.25. The predicted molar refractivity (Wildman–Crippen MR) is 100 cm³/mol. The van der Waals surface area contributed by atoms with Crippen LogP contribution in [-0.4, -0.2) is 61.0 Å². The molecule has 0 aromatic carbocycles. The summed E-state index contributed by atoms with van der Waals surface area (Å²) in [6.07, 6.45) is 2.60. The van der Waals surface area contributed by atoms with Gasteiger partial charge in [0.05, 0.1) is 11.9 Å². The molecule has 3 rings (SSSR count). The van der Waals surface area contributed by atoms with Gasteiger partial charge in [-0.05, 0) is 20.3 Å². The minimum atomic E-state index is -5.08. The first-order valence-corrected chi connectivity index (χ1v) is 9.15. The second kappa shape index (κ2) is 9.68. The smallest absolute Gasteiger partial charge is 0.475 e. The summed E-state index contributed by atoms with van der Waals surface area (Å²) >= 11 is 0. The molecular formula is C18H25F3N6O2. The number of aromatic nitrogens is 4. The summed E-state index contributed by atoms with van der Waals surface area (Å²) in [5.74, 6) is -1.75. The molecule has 160 valence electrons. The zero-order valence-corrected chi connectivity index (χ0v) is 16.6. The van der Waals surface area contributed by atoms with Crippen LogP contribution in [0.1, 0.15) is 30.7 Å². The number of aliphatic carboxylic acids is 1. The van der Waals surface area contributed by atoms with Crippen molar-refractivity contribution in [2.75, 3.05) is 18.4 Å². The summed E-state index contributed by atoms with van der Waals surface area (Å²) in [7, 11) is 1.96. The highest BCUT2D eigenvalue weighted by Gasteiger charge is 2.38. The fraction of sp³-hybridized carbons (Fsp3) is 0.556. The lowest BCUT2D eigenvalue weighted by Gasteiger charge is -2.18. The van der Waals surface area contributed by atoms with Gasteiger partial charge in [-0.3, -0.25) is 9.58 Å². The molecule has 0 fully saturated rings. The van der Waals surface area contributed by atoms with Gasteiger partial charge in [0, 0.05) is 56.5 Å². The maximum absolute atomic E-state index is 10.6. The lowest BCUT2D eigenvalue weighted by atomic mass is 10.1. The molecule has 0 spiro atoms. The Kier molecular flexibility index (Phi) is 7.54. The van der Waals surface area contributed by atoms with Crippen LogP contribution in [0.4, 0.5) is 19.0 Å². The first-order valence-electron chi connectivity index (χ1n) is 9.15. The molecular weight excluding hydrogens is 389 g/mol. The van der Waals surface area contributed by atoms with Crippen LogP contribution in [0, 0.1) is 0 Å². The Morgan fingerprint density at radius 3 is 2.48 bits per heavy atom. The fourth-order valence-corrected chi connectivity index (χ4v) is 2.94. The number of nitrogens with one attached hydrogen (secondary N) is 1. The van der Waals surface area contributed by atoms with Crippen molar-refractivity contribution in [3.05, 3.63) is 35.5 Å². The van der Waals surface area contributed by atoms with Gasteiger partial charge >= 0.3 is 12.1 Å². The monoisotopic (exact) mass is 414 g/mol. The summed E-state index contributed by atoms with van der Waals surface area (Å²) < 4.78 is 33.6. The molecule has 3 heterocycles. The minimum Gasteiger partial charge on any atom is -0.475 e. The van der Waals surface area contributed by atoms with Gasteiger partial charge in [0.2, 0.25) is 0 Å². The van der Waals surface area contributed by atoms with Gasteiger partial charge < -0.3 is 10.4 Å². The number of halogens is 3. The molecule has 0 unspecified atom stereocenters. The summed E-state index contributed by atoms with van der Waals surface area (Å²) in [5, 5.41) is 14.8. The number of carboxylic acid groups (broad SMARTS) is 1. The second-order valence-corrected chi connectivity index (χ2v) is 7.05. The van der Waals surface area contributed by atoms with Crippen LogP contribution in [0.15, 0.2) is 18.7 Å². The van der Waals surface area contributed by atoms with Crippen molar-refractivity contribution in [3.8, 4) is 0 Å². The van der Waals surface area contributed by atoms with E-state index in [1.807, 2.05) is 17.9 Å². The Morgan fingerprint density at radius 1 is 1.28 bits per heavy atom. The Hall–Kier alpha value is -2.69. The van der Waals surface area contributed by atoms with Crippen molar-refractivity contribution < 1.29 is 23.1 Å². The molecule has 8 nitrogen and oxygen atoms in total. The molecule has 0 saturated carbocycles. The highest BCUT2D eigenvalue weighted by Crippen LogP contribution is 2.21. The van der Waals surface area contributed by atoms with E-state index in [0.29, 0.717) is 6.04 Å². The Balaban J connectivity index is 0.000000370. The highest BCUT2D eigenvalue weighted by molar-refractivity contribution is 5.73. The Bertz CT molecular complexity index is 822. The van der Waals surface area contributed by atoms with E-state index in [4.69, 9.17) is 9.90 Å². The van der Waals surface area contributed by atoms with Gasteiger partial charge in [0.15, 0.2) is 0 Å². The number of hydrogen-bond donors (Lipinski definition) is 2. The molecule has 1 aliphatic heterocycles. The van der Waals surface area contributed by atoms with Crippen molar-refractivity contribution in [2.45, 2.75) is 45.5 Å². The van der Waals surface area contributed by atoms with Crippen LogP contribution in [-0.2, 0) is 31.2 Å². The predicted octanol–water partition coefficient (Wildman–Crippen LogP) is 2.26. The SMILES string of the molecule is CC(C)Nc1ncnc2c1CCN(Cc1cnn(C)c1)CC2.O=C(O)C(F)(F)F. The molecule has 29 heavy (non-hydrogen) atoms. The number of aryl methyl sites for hydroxylation is 1. The molecule has 0 saturated heterocycles. The molecule has 0 bridgehead atoms. The van der Waals surface area contributed by atoms with Gasteiger partial charge in [0.25, 0.3) is 0 Å². The highest BCUT2D eigenvalue weighted by atomic mass is 19.4. The summed E-state index contributed by atoms with van der Waals surface area (Å²) in [5.41, 5.74) is 3.73. The third-order valence-electron chi connectivity index (χ3n) is 4.21. The topological polar surface area (TPSA) is 96.2 Å². The summed E-state index contributed by atoms with van der Waals surface area (Å²) in [6, 6.07) is 0.383. The molecule has 2 N–H and O–H groups in total. The first kappa shape index (κ1) is 22.6. The molecule has 0 radical (unpaired) electrons. The number of hydrogen-bond acceptors (Lipinski definition) is 6. The van der Waals surface area contributed by atoms with Crippen molar-refractivity contribution in [2.24, 2.45) is 7.05 Å². The van der Waals surface area contributed by atoms with Crippen molar-refractivity contribution in [1.29, 1.82) is 0 Å². The van der Waals surface area contributed by atoms with Crippen LogP contribution in [0.3, 0.4) is 0 Å². The molecule has 11 heteroatoms. The molecule has 2 aromatic heterocycles. The van der Waals surface area contributed by atoms with E-state index in [9.17, 15) is 13.2 Å². The van der Waals surface area contributed by atoms with Gasteiger partial charge in [0.1, 0.15) is 12.1 Å². The van der Waals surface area contributed by atoms with Gasteiger partial charge in [-0.15, -0.1) is 0 Å². The van der Waals surface area contributed by atoms with E-state index in [1.165, 1.54) is 16.8 Å². The average Bonchev–Trinajstić information content (AvgIpc) is 2.90. The van der Waals surface area contributed by atoms with Crippen molar-refractivity contribution in [3.63, 3.8) is 0 Å². The normalized spacial score (nSPS) is 14.6. The third-order valence-corrected chi connectivity index (χ3v) is 4.21. The van der Waals surface area contributed by atoms with E-state index >= 15 is 0 Å². The maximum atomic E-state index is 10.6. The summed E-state index contributed by atoms with van der Waals surface area (Å²) in [6.45, 7) is 7.28. The third kappa shape index (κ3) is 7.00. The average molecular weight is 414 g/mol. The number of rotatable bonds is 4. The molecule has 1 aliphatic rings. The van der Waals surface area contributed by atoms with Crippen molar-refractivity contribution in [1.82, 2.24) is 24.6 Å². The summed E-state index contributed by atoms with van der Waals surface area (Å²) in [4.78, 5) is 20.3. The molecule has 0 aliphatic carbocycles. The number of carbonyl (C=O) groups is 1. The standard InChI is InChI=1S/C16H24N6.C2HF3O2/c1-12(2)20-16-14-4-6-22(7-5-15(14)17-11-18-16)10-13-8-19-21(3)9-13;3-2(4,5)1(6)7/h8-9,11-12H,4-7,10H2,1-3H3,(H,17,18,20);(H,6,7). The van der Waals surface area contributed by atoms with E-state index in [0.717, 1.165) is 38.3 Å². The zero-order chi connectivity index (χ0) is 21.6. The Morgan fingerprint density at radius 2 is 1.93 bits per heavy atom. The van der Waals surface area contributed by atoms with E-state index in [-0.39, 0.29) is 0 Å².